The first-order chi connectivity index (χ1) is 14.3. The van der Waals surface area contributed by atoms with E-state index >= 15 is 0 Å². The van der Waals surface area contributed by atoms with Crippen LogP contribution in [0.15, 0.2) is 27.7 Å². The first-order valence-corrected chi connectivity index (χ1v) is 11.3. The Kier molecular flexibility index (Phi) is 9.14. The second kappa shape index (κ2) is 11.3. The van der Waals surface area contributed by atoms with E-state index in [1.807, 2.05) is 0 Å². The Morgan fingerprint density at radius 1 is 1.13 bits per heavy atom. The van der Waals surface area contributed by atoms with Crippen LogP contribution in [0.3, 0.4) is 0 Å². The quantitative estimate of drug-likeness (QED) is 0.325. The molecule has 0 aromatic heterocycles. The van der Waals surface area contributed by atoms with Crippen molar-refractivity contribution in [3.05, 3.63) is 22.8 Å². The SMILES string of the molecule is C=C(SCC1=C(C(=O)OCC)C(C2CCCCC2)C(C(=O)OC)C(C)=N1)C(=O)OC. The number of esters is 3. The number of ether oxygens (including phenoxy) is 3. The fraction of sp³-hybridized carbons (Fsp3) is 0.636. The molecule has 1 aliphatic carbocycles. The van der Waals surface area contributed by atoms with Gasteiger partial charge in [-0.2, -0.15) is 0 Å². The van der Waals surface area contributed by atoms with E-state index in [9.17, 15) is 14.4 Å². The second-order valence-electron chi connectivity index (χ2n) is 7.46. The third-order valence-electron chi connectivity index (χ3n) is 5.67. The molecule has 0 aromatic carbocycles. The van der Waals surface area contributed by atoms with Crippen LogP contribution < -0.4 is 0 Å². The number of aliphatic imine (C=N–C) groups is 1. The second-order valence-corrected chi connectivity index (χ2v) is 8.53. The summed E-state index contributed by atoms with van der Waals surface area (Å²) in [5, 5.41) is 0. The lowest BCUT2D eigenvalue weighted by molar-refractivity contribution is -0.146. The van der Waals surface area contributed by atoms with Gasteiger partial charge >= 0.3 is 17.9 Å². The molecule has 0 spiro atoms. The van der Waals surface area contributed by atoms with Gasteiger partial charge in [-0.25, -0.2) is 9.59 Å². The highest BCUT2D eigenvalue weighted by Gasteiger charge is 2.45. The number of carbonyl (C=O) groups is 3. The molecular formula is C22H31NO6S. The van der Waals surface area contributed by atoms with E-state index in [0.717, 1.165) is 43.9 Å². The highest BCUT2D eigenvalue weighted by Crippen LogP contribution is 2.44. The van der Waals surface area contributed by atoms with Gasteiger partial charge in [0.15, 0.2) is 0 Å². The molecule has 0 saturated heterocycles. The van der Waals surface area contributed by atoms with Gasteiger partial charge in [0.1, 0.15) is 5.92 Å². The van der Waals surface area contributed by atoms with Crippen LogP contribution in [0.25, 0.3) is 0 Å². The molecule has 166 valence electrons. The number of thioether (sulfide) groups is 1. The van der Waals surface area contributed by atoms with Crippen LogP contribution in [-0.2, 0) is 28.6 Å². The van der Waals surface area contributed by atoms with E-state index in [2.05, 4.69) is 11.6 Å². The molecule has 0 radical (unpaired) electrons. The molecule has 7 nitrogen and oxygen atoms in total. The molecule has 2 unspecified atom stereocenters. The number of hydrogen-bond donors (Lipinski definition) is 0. The van der Waals surface area contributed by atoms with Gasteiger partial charge in [0.05, 0.1) is 37.0 Å². The lowest BCUT2D eigenvalue weighted by Gasteiger charge is -2.38. The first-order valence-electron chi connectivity index (χ1n) is 10.3. The number of carbonyl (C=O) groups excluding carboxylic acids is 3. The Balaban J connectivity index is 2.50. The average Bonchev–Trinajstić information content (AvgIpc) is 2.76. The molecule has 2 atom stereocenters. The summed E-state index contributed by atoms with van der Waals surface area (Å²) in [6.07, 6.45) is 5.14. The Morgan fingerprint density at radius 3 is 2.37 bits per heavy atom. The predicted octanol–water partition coefficient (Wildman–Crippen LogP) is 3.68. The molecule has 1 saturated carbocycles. The maximum atomic E-state index is 13.0. The van der Waals surface area contributed by atoms with Crippen molar-refractivity contribution in [2.75, 3.05) is 26.6 Å². The number of hydrogen-bond acceptors (Lipinski definition) is 8. The van der Waals surface area contributed by atoms with Crippen LogP contribution in [-0.4, -0.2) is 50.2 Å². The number of rotatable bonds is 8. The van der Waals surface area contributed by atoms with E-state index in [1.165, 1.54) is 14.2 Å². The largest absolute Gasteiger partial charge is 0.468 e. The molecule has 2 aliphatic rings. The van der Waals surface area contributed by atoms with Crippen LogP contribution in [0.2, 0.25) is 0 Å². The summed E-state index contributed by atoms with van der Waals surface area (Å²) in [4.78, 5) is 42.3. The highest BCUT2D eigenvalue weighted by molar-refractivity contribution is 8.04. The van der Waals surface area contributed by atoms with Gasteiger partial charge in [-0.1, -0.05) is 25.8 Å². The van der Waals surface area contributed by atoms with E-state index in [-0.39, 0.29) is 35.1 Å². The third-order valence-corrected chi connectivity index (χ3v) is 6.60. The number of nitrogens with zero attached hydrogens (tertiary/aromatic N) is 1. The molecule has 1 aliphatic heterocycles. The maximum absolute atomic E-state index is 13.0. The van der Waals surface area contributed by atoms with Crippen molar-refractivity contribution in [3.8, 4) is 0 Å². The van der Waals surface area contributed by atoms with Crippen molar-refractivity contribution in [3.63, 3.8) is 0 Å². The van der Waals surface area contributed by atoms with Crippen molar-refractivity contribution in [2.45, 2.75) is 46.0 Å². The molecular weight excluding hydrogens is 406 g/mol. The lowest BCUT2D eigenvalue weighted by atomic mass is 9.68. The average molecular weight is 438 g/mol. The summed E-state index contributed by atoms with van der Waals surface area (Å²) in [6, 6.07) is 0. The van der Waals surface area contributed by atoms with Gasteiger partial charge in [0.2, 0.25) is 0 Å². The molecule has 0 bridgehead atoms. The molecule has 8 heteroatoms. The van der Waals surface area contributed by atoms with E-state index in [4.69, 9.17) is 14.2 Å². The monoisotopic (exact) mass is 437 g/mol. The molecule has 0 N–H and O–H groups in total. The molecule has 2 rings (SSSR count). The van der Waals surface area contributed by atoms with Crippen LogP contribution >= 0.6 is 11.8 Å². The van der Waals surface area contributed by atoms with Crippen LogP contribution in [0.1, 0.15) is 46.0 Å². The summed E-state index contributed by atoms with van der Waals surface area (Å²) < 4.78 is 15.1. The topological polar surface area (TPSA) is 91.3 Å². The molecule has 30 heavy (non-hydrogen) atoms. The standard InChI is InChI=1S/C22H31NO6S/c1-6-29-22(26)19-16(12-30-14(3)20(24)27-4)23-13(2)17(21(25)28-5)18(19)15-10-8-7-9-11-15/h15,17-18H,3,6-12H2,1-2,4-5H3. The minimum Gasteiger partial charge on any atom is -0.468 e. The zero-order chi connectivity index (χ0) is 22.3. The minimum absolute atomic E-state index is 0.163. The summed E-state index contributed by atoms with van der Waals surface area (Å²) in [6.45, 7) is 7.49. The zero-order valence-corrected chi connectivity index (χ0v) is 19.0. The predicted molar refractivity (Wildman–Crippen MR) is 116 cm³/mol. The molecule has 0 amide bonds. The van der Waals surface area contributed by atoms with Gasteiger partial charge in [0.25, 0.3) is 0 Å². The fourth-order valence-corrected chi connectivity index (χ4v) is 5.04. The van der Waals surface area contributed by atoms with Gasteiger partial charge in [-0.05, 0) is 32.6 Å². The van der Waals surface area contributed by atoms with Crippen LogP contribution in [0.5, 0.6) is 0 Å². The first kappa shape index (κ1) is 24.2. The summed E-state index contributed by atoms with van der Waals surface area (Å²) >= 11 is 1.16. The third kappa shape index (κ3) is 5.53. The van der Waals surface area contributed by atoms with Crippen molar-refractivity contribution in [1.82, 2.24) is 0 Å². The Labute approximate surface area is 182 Å². The van der Waals surface area contributed by atoms with Crippen molar-refractivity contribution < 1.29 is 28.6 Å². The van der Waals surface area contributed by atoms with Crippen molar-refractivity contribution in [1.29, 1.82) is 0 Å². The van der Waals surface area contributed by atoms with Gasteiger partial charge < -0.3 is 14.2 Å². The van der Waals surface area contributed by atoms with Crippen LogP contribution in [0, 0.1) is 17.8 Å². The lowest BCUT2D eigenvalue weighted by Crippen LogP contribution is -2.42. The van der Waals surface area contributed by atoms with Gasteiger partial charge in [-0.15, -0.1) is 11.8 Å². The number of methoxy groups -OCH3 is 2. The van der Waals surface area contributed by atoms with Gasteiger partial charge in [-0.3, -0.25) is 9.79 Å². The zero-order valence-electron chi connectivity index (χ0n) is 18.2. The highest BCUT2D eigenvalue weighted by atomic mass is 32.2. The summed E-state index contributed by atoms with van der Waals surface area (Å²) in [5.74, 6) is -1.91. The summed E-state index contributed by atoms with van der Waals surface area (Å²) in [5.41, 5.74) is 1.57. The Bertz CT molecular complexity index is 751. The summed E-state index contributed by atoms with van der Waals surface area (Å²) in [7, 11) is 2.65. The molecule has 0 aromatic rings. The van der Waals surface area contributed by atoms with E-state index < -0.39 is 17.9 Å². The smallest absolute Gasteiger partial charge is 0.343 e. The van der Waals surface area contributed by atoms with Crippen molar-refractivity contribution >= 4 is 35.4 Å². The normalized spacial score (nSPS) is 22.2. The van der Waals surface area contributed by atoms with Gasteiger partial charge in [0, 0.05) is 17.4 Å². The Hall–Kier alpha value is -2.09. The fourth-order valence-electron chi connectivity index (χ4n) is 4.31. The van der Waals surface area contributed by atoms with E-state index in [1.54, 1.807) is 13.8 Å². The maximum Gasteiger partial charge on any atom is 0.343 e. The molecule has 1 fully saturated rings. The van der Waals surface area contributed by atoms with E-state index in [0.29, 0.717) is 17.0 Å². The van der Waals surface area contributed by atoms with Crippen LogP contribution in [0.4, 0.5) is 0 Å². The molecule has 1 heterocycles. The minimum atomic E-state index is -0.616. The van der Waals surface area contributed by atoms with Crippen molar-refractivity contribution in [2.24, 2.45) is 22.7 Å². The Morgan fingerprint density at radius 2 is 1.80 bits per heavy atom.